The number of hydrogen-bond donors (Lipinski definition) is 0. The zero-order valence-electron chi connectivity index (χ0n) is 17.4. The molecule has 0 amide bonds. The zero-order valence-corrected chi connectivity index (χ0v) is 17.4. The minimum atomic E-state index is -0.706. The van der Waals surface area contributed by atoms with E-state index in [1.54, 1.807) is 0 Å². The Morgan fingerprint density at radius 1 is 0.929 bits per heavy atom. The highest BCUT2D eigenvalue weighted by atomic mass is 16.7. The Bertz CT molecular complexity index is 608. The molecule has 2 heterocycles. The molecule has 1 saturated carbocycles. The number of ether oxygens (including phenoxy) is 4. The molecule has 1 aliphatic carbocycles. The van der Waals surface area contributed by atoms with Gasteiger partial charge < -0.3 is 18.9 Å². The van der Waals surface area contributed by atoms with Gasteiger partial charge in [0.05, 0.1) is 32.3 Å². The molecule has 0 radical (unpaired) electrons. The van der Waals surface area contributed by atoms with Crippen LogP contribution in [0.15, 0.2) is 24.3 Å². The van der Waals surface area contributed by atoms with Crippen molar-refractivity contribution in [1.29, 1.82) is 0 Å². The molecule has 1 unspecified atom stereocenters. The summed E-state index contributed by atoms with van der Waals surface area (Å²) in [5.74, 6) is -0.438. The standard InChI is InChI=1S/C21H28O5.C2H6/c1-21(25-13-14-26-21)17-9-7-16(8-10-17)19(22)18(20-23-11-12-24-20)15-5-3-2-4-6-15;1-2/h7-10,15,18,20H,2-6,11-14H2,1H3;1-2H3. The maximum atomic E-state index is 13.3. The molecular weight excluding hydrogens is 356 g/mol. The molecule has 3 aliphatic rings. The van der Waals surface area contributed by atoms with Gasteiger partial charge >= 0.3 is 0 Å². The topological polar surface area (TPSA) is 54.0 Å². The second-order valence-corrected chi connectivity index (χ2v) is 7.62. The molecule has 5 nitrogen and oxygen atoms in total. The molecule has 4 rings (SSSR count). The van der Waals surface area contributed by atoms with Gasteiger partial charge in [0, 0.05) is 11.1 Å². The van der Waals surface area contributed by atoms with Gasteiger partial charge in [0.2, 0.25) is 0 Å². The normalized spacial score (nSPS) is 23.8. The average molecular weight is 391 g/mol. The van der Waals surface area contributed by atoms with E-state index in [4.69, 9.17) is 18.9 Å². The maximum absolute atomic E-state index is 13.3. The third-order valence-corrected chi connectivity index (χ3v) is 5.93. The van der Waals surface area contributed by atoms with E-state index >= 15 is 0 Å². The first-order valence-electron chi connectivity index (χ1n) is 10.8. The van der Waals surface area contributed by atoms with E-state index in [1.165, 1.54) is 19.3 Å². The third-order valence-electron chi connectivity index (χ3n) is 5.93. The Kier molecular flexibility index (Phi) is 7.63. The highest BCUT2D eigenvalue weighted by Gasteiger charge is 2.40. The van der Waals surface area contributed by atoms with Crippen molar-refractivity contribution in [1.82, 2.24) is 0 Å². The molecule has 0 N–H and O–H groups in total. The van der Waals surface area contributed by atoms with E-state index in [9.17, 15) is 4.79 Å². The van der Waals surface area contributed by atoms with Crippen LogP contribution in [0.3, 0.4) is 0 Å². The van der Waals surface area contributed by atoms with Crippen molar-refractivity contribution in [3.05, 3.63) is 35.4 Å². The van der Waals surface area contributed by atoms with Crippen LogP contribution in [0.4, 0.5) is 0 Å². The van der Waals surface area contributed by atoms with Crippen LogP contribution < -0.4 is 0 Å². The molecule has 0 aromatic heterocycles. The summed E-state index contributed by atoms with van der Waals surface area (Å²) in [4.78, 5) is 13.3. The van der Waals surface area contributed by atoms with Gasteiger partial charge in [-0.2, -0.15) is 0 Å². The average Bonchev–Trinajstić information content (AvgIpc) is 3.44. The number of carbonyl (C=O) groups excluding carboxylic acids is 1. The van der Waals surface area contributed by atoms with Crippen LogP contribution >= 0.6 is 0 Å². The monoisotopic (exact) mass is 390 g/mol. The molecule has 1 aromatic rings. The molecule has 156 valence electrons. The van der Waals surface area contributed by atoms with Crippen LogP contribution in [0.5, 0.6) is 0 Å². The van der Waals surface area contributed by atoms with E-state index in [1.807, 2.05) is 45.0 Å². The fourth-order valence-electron chi connectivity index (χ4n) is 4.45. The number of ketones is 1. The quantitative estimate of drug-likeness (QED) is 0.683. The Morgan fingerprint density at radius 3 is 2.07 bits per heavy atom. The third kappa shape index (κ3) is 4.65. The molecular formula is C23H34O5. The Labute approximate surface area is 168 Å². The van der Waals surface area contributed by atoms with Crippen LogP contribution in [0, 0.1) is 11.8 Å². The Hall–Kier alpha value is -1.27. The van der Waals surface area contributed by atoms with Gasteiger partial charge in [-0.25, -0.2) is 0 Å². The van der Waals surface area contributed by atoms with Crippen molar-refractivity contribution in [2.24, 2.45) is 11.8 Å². The fraction of sp³-hybridized carbons (Fsp3) is 0.696. The number of benzene rings is 1. The molecule has 3 fully saturated rings. The summed E-state index contributed by atoms with van der Waals surface area (Å²) in [5.41, 5.74) is 1.65. The predicted octanol–water partition coefficient (Wildman–Crippen LogP) is 4.68. The molecule has 5 heteroatoms. The second-order valence-electron chi connectivity index (χ2n) is 7.62. The van der Waals surface area contributed by atoms with E-state index in [0.29, 0.717) is 37.9 Å². The lowest BCUT2D eigenvalue weighted by atomic mass is 9.76. The molecule has 2 aliphatic heterocycles. The van der Waals surface area contributed by atoms with Gasteiger partial charge in [0.15, 0.2) is 17.9 Å². The first kappa shape index (κ1) is 21.4. The van der Waals surface area contributed by atoms with Gasteiger partial charge in [-0.15, -0.1) is 0 Å². The Balaban J connectivity index is 0.00000109. The molecule has 2 saturated heterocycles. The SMILES string of the molecule is CC.CC1(c2ccc(C(=O)C(C3CCCCC3)C3OCCO3)cc2)OCCO1. The van der Waals surface area contributed by atoms with Gasteiger partial charge in [0.1, 0.15) is 0 Å². The maximum Gasteiger partial charge on any atom is 0.192 e. The summed E-state index contributed by atoms with van der Waals surface area (Å²) in [5, 5.41) is 0. The Morgan fingerprint density at radius 2 is 1.50 bits per heavy atom. The number of rotatable bonds is 5. The van der Waals surface area contributed by atoms with Crippen molar-refractivity contribution in [2.75, 3.05) is 26.4 Å². The van der Waals surface area contributed by atoms with E-state index < -0.39 is 12.1 Å². The summed E-state index contributed by atoms with van der Waals surface area (Å²) >= 11 is 0. The summed E-state index contributed by atoms with van der Waals surface area (Å²) in [6, 6.07) is 7.65. The summed E-state index contributed by atoms with van der Waals surface area (Å²) in [7, 11) is 0. The second kappa shape index (κ2) is 9.97. The van der Waals surface area contributed by atoms with E-state index in [0.717, 1.165) is 18.4 Å². The lowest BCUT2D eigenvalue weighted by Crippen LogP contribution is -2.36. The first-order valence-corrected chi connectivity index (χ1v) is 10.8. The minimum Gasteiger partial charge on any atom is -0.349 e. The molecule has 0 bridgehead atoms. The smallest absolute Gasteiger partial charge is 0.192 e. The summed E-state index contributed by atoms with van der Waals surface area (Å²) < 4.78 is 22.9. The van der Waals surface area contributed by atoms with Crippen LogP contribution in [0.25, 0.3) is 0 Å². The van der Waals surface area contributed by atoms with Gasteiger partial charge in [0.25, 0.3) is 0 Å². The van der Waals surface area contributed by atoms with Gasteiger partial charge in [-0.1, -0.05) is 57.4 Å². The molecule has 1 aromatic carbocycles. The van der Waals surface area contributed by atoms with E-state index in [2.05, 4.69) is 0 Å². The zero-order chi connectivity index (χ0) is 20.0. The van der Waals surface area contributed by atoms with E-state index in [-0.39, 0.29) is 11.7 Å². The highest BCUT2D eigenvalue weighted by molar-refractivity contribution is 5.98. The van der Waals surface area contributed by atoms with Gasteiger partial charge in [-0.3, -0.25) is 4.79 Å². The summed E-state index contributed by atoms with van der Waals surface area (Å²) in [6.07, 6.45) is 5.40. The van der Waals surface area contributed by atoms with Crippen molar-refractivity contribution < 1.29 is 23.7 Å². The van der Waals surface area contributed by atoms with Crippen LogP contribution in [0.1, 0.15) is 68.8 Å². The molecule has 1 atom stereocenters. The highest BCUT2D eigenvalue weighted by Crippen LogP contribution is 2.37. The lowest BCUT2D eigenvalue weighted by Gasteiger charge is -2.32. The largest absolute Gasteiger partial charge is 0.349 e. The van der Waals surface area contributed by atoms with Crippen LogP contribution in [0.2, 0.25) is 0 Å². The van der Waals surface area contributed by atoms with Gasteiger partial charge in [-0.05, 0) is 25.7 Å². The van der Waals surface area contributed by atoms with Crippen LogP contribution in [-0.2, 0) is 24.7 Å². The van der Waals surface area contributed by atoms with Crippen molar-refractivity contribution in [2.45, 2.75) is 65.0 Å². The number of Topliss-reactive ketones (excluding diaryl/α,β-unsaturated/α-hetero) is 1. The van der Waals surface area contributed by atoms with Crippen molar-refractivity contribution >= 4 is 5.78 Å². The molecule has 28 heavy (non-hydrogen) atoms. The number of hydrogen-bond acceptors (Lipinski definition) is 5. The first-order chi connectivity index (χ1) is 13.7. The predicted molar refractivity (Wildman–Crippen MR) is 107 cm³/mol. The minimum absolute atomic E-state index is 0.133. The van der Waals surface area contributed by atoms with Crippen molar-refractivity contribution in [3.63, 3.8) is 0 Å². The van der Waals surface area contributed by atoms with Crippen LogP contribution in [-0.4, -0.2) is 38.5 Å². The number of carbonyl (C=O) groups is 1. The lowest BCUT2D eigenvalue weighted by molar-refractivity contribution is -0.149. The van der Waals surface area contributed by atoms with Crippen molar-refractivity contribution in [3.8, 4) is 0 Å². The summed E-state index contributed by atoms with van der Waals surface area (Å²) in [6.45, 7) is 8.26. The molecule has 0 spiro atoms. The fourth-order valence-corrected chi connectivity index (χ4v) is 4.45.